The van der Waals surface area contributed by atoms with Gasteiger partial charge in [-0.25, -0.2) is 0 Å². The Morgan fingerprint density at radius 1 is 1.69 bits per heavy atom. The first-order valence-corrected chi connectivity index (χ1v) is 4.48. The molecule has 0 aromatic carbocycles. The molecule has 72 valence electrons. The molecule has 2 rings (SSSR count). The highest BCUT2D eigenvalue weighted by atomic mass is 16.5. The molecule has 13 heavy (non-hydrogen) atoms. The summed E-state index contributed by atoms with van der Waals surface area (Å²) in [5.41, 5.74) is 6.50. The third-order valence-electron chi connectivity index (χ3n) is 2.80. The van der Waals surface area contributed by atoms with Gasteiger partial charge in [-0.15, -0.1) is 0 Å². The van der Waals surface area contributed by atoms with Crippen molar-refractivity contribution >= 4 is 5.88 Å². The van der Waals surface area contributed by atoms with Gasteiger partial charge in [0.05, 0.1) is 12.3 Å². The lowest BCUT2D eigenvalue weighted by molar-refractivity contribution is 0.0740. The quantitative estimate of drug-likeness (QED) is 0.765. The largest absolute Gasteiger partial charge is 0.384 e. The van der Waals surface area contributed by atoms with E-state index in [4.69, 9.17) is 15.0 Å². The van der Waals surface area contributed by atoms with Gasteiger partial charge < -0.3 is 15.0 Å². The lowest BCUT2D eigenvalue weighted by atomic mass is 9.67. The minimum absolute atomic E-state index is 0.0792. The first-order valence-electron chi connectivity index (χ1n) is 4.48. The molecule has 2 N–H and O–H groups in total. The zero-order chi connectivity index (χ0) is 9.31. The molecule has 4 nitrogen and oxygen atoms in total. The minimum atomic E-state index is 0.0792. The van der Waals surface area contributed by atoms with Crippen molar-refractivity contribution in [3.8, 4) is 0 Å². The van der Waals surface area contributed by atoms with Crippen LogP contribution in [0.5, 0.6) is 0 Å². The van der Waals surface area contributed by atoms with Crippen molar-refractivity contribution in [1.29, 1.82) is 0 Å². The Labute approximate surface area is 77.0 Å². The number of hydrogen-bond acceptors (Lipinski definition) is 4. The van der Waals surface area contributed by atoms with Crippen molar-refractivity contribution in [3.05, 3.63) is 11.8 Å². The van der Waals surface area contributed by atoms with Crippen molar-refractivity contribution in [2.75, 3.05) is 19.5 Å². The molecule has 1 aliphatic carbocycles. The smallest absolute Gasteiger partial charge is 0.222 e. The normalized spacial score (nSPS) is 19.8. The van der Waals surface area contributed by atoms with Crippen LogP contribution in [0.15, 0.2) is 10.6 Å². The predicted molar refractivity (Wildman–Crippen MR) is 48.3 cm³/mol. The van der Waals surface area contributed by atoms with Crippen LogP contribution in [-0.2, 0) is 10.2 Å². The summed E-state index contributed by atoms with van der Waals surface area (Å²) >= 11 is 0. The van der Waals surface area contributed by atoms with Crippen LogP contribution >= 0.6 is 0 Å². The Hall–Kier alpha value is -1.03. The van der Waals surface area contributed by atoms with E-state index in [-0.39, 0.29) is 5.41 Å². The third-order valence-corrected chi connectivity index (χ3v) is 2.80. The Morgan fingerprint density at radius 2 is 2.46 bits per heavy atom. The number of nitrogens with two attached hydrogens (primary N) is 1. The van der Waals surface area contributed by atoms with E-state index in [1.807, 2.05) is 0 Å². The van der Waals surface area contributed by atoms with E-state index in [9.17, 15) is 0 Å². The maximum absolute atomic E-state index is 5.48. The predicted octanol–water partition coefficient (Wildman–Crippen LogP) is 1.32. The number of methoxy groups -OCH3 is 1. The average Bonchev–Trinajstić information content (AvgIpc) is 2.44. The second kappa shape index (κ2) is 3.03. The Kier molecular flexibility index (Phi) is 2.00. The second-order valence-electron chi connectivity index (χ2n) is 3.68. The van der Waals surface area contributed by atoms with Crippen molar-refractivity contribution in [3.63, 3.8) is 0 Å². The Bertz CT molecular complexity index is 292. The fourth-order valence-electron chi connectivity index (χ4n) is 1.89. The van der Waals surface area contributed by atoms with Crippen LogP contribution in [0, 0.1) is 0 Å². The molecule has 1 saturated carbocycles. The summed E-state index contributed by atoms with van der Waals surface area (Å²) in [6.45, 7) is 0.707. The van der Waals surface area contributed by atoms with Crippen molar-refractivity contribution in [2.45, 2.75) is 24.7 Å². The average molecular weight is 182 g/mol. The van der Waals surface area contributed by atoms with Gasteiger partial charge in [0.25, 0.3) is 0 Å². The highest BCUT2D eigenvalue weighted by Gasteiger charge is 2.41. The monoisotopic (exact) mass is 182 g/mol. The van der Waals surface area contributed by atoms with Gasteiger partial charge in [0.15, 0.2) is 0 Å². The van der Waals surface area contributed by atoms with Crippen LogP contribution < -0.4 is 5.73 Å². The summed E-state index contributed by atoms with van der Waals surface area (Å²) in [5.74, 6) is 0.386. The first kappa shape index (κ1) is 8.56. The zero-order valence-corrected chi connectivity index (χ0v) is 7.75. The number of anilines is 1. The van der Waals surface area contributed by atoms with E-state index in [0.29, 0.717) is 12.5 Å². The lowest BCUT2D eigenvalue weighted by Gasteiger charge is -2.39. The summed E-state index contributed by atoms with van der Waals surface area (Å²) in [4.78, 5) is 0. The molecule has 0 unspecified atom stereocenters. The molecule has 0 bridgehead atoms. The number of aromatic nitrogens is 1. The van der Waals surface area contributed by atoms with Crippen LogP contribution in [0.4, 0.5) is 5.88 Å². The van der Waals surface area contributed by atoms with Crippen LogP contribution in [0.2, 0.25) is 0 Å². The van der Waals surface area contributed by atoms with Gasteiger partial charge in [-0.2, -0.15) is 0 Å². The summed E-state index contributed by atoms with van der Waals surface area (Å²) in [6, 6.07) is 1.80. The molecule has 1 heterocycles. The minimum Gasteiger partial charge on any atom is -0.384 e. The molecule has 0 aliphatic heterocycles. The number of hydrogen-bond donors (Lipinski definition) is 1. The summed E-state index contributed by atoms with van der Waals surface area (Å²) in [6.07, 6.45) is 3.47. The maximum Gasteiger partial charge on any atom is 0.222 e. The molecule has 0 saturated heterocycles. The van der Waals surface area contributed by atoms with E-state index in [0.717, 1.165) is 18.5 Å². The lowest BCUT2D eigenvalue weighted by Crippen LogP contribution is -2.39. The molecule has 0 amide bonds. The SMILES string of the molecule is COCC1(c2cc(N)on2)CCC1. The molecule has 1 fully saturated rings. The molecule has 0 spiro atoms. The fourth-order valence-corrected chi connectivity index (χ4v) is 1.89. The number of nitrogens with zero attached hydrogens (tertiary/aromatic N) is 1. The van der Waals surface area contributed by atoms with Gasteiger partial charge in [-0.05, 0) is 12.8 Å². The summed E-state index contributed by atoms with van der Waals surface area (Å²) < 4.78 is 10.1. The summed E-state index contributed by atoms with van der Waals surface area (Å²) in [5, 5.41) is 3.95. The van der Waals surface area contributed by atoms with Gasteiger partial charge in [0.2, 0.25) is 5.88 Å². The topological polar surface area (TPSA) is 61.3 Å². The van der Waals surface area contributed by atoms with E-state index in [2.05, 4.69) is 5.16 Å². The maximum atomic E-state index is 5.48. The van der Waals surface area contributed by atoms with E-state index in [1.165, 1.54) is 6.42 Å². The molecule has 0 radical (unpaired) electrons. The van der Waals surface area contributed by atoms with Crippen molar-refractivity contribution < 1.29 is 9.26 Å². The molecule has 0 atom stereocenters. The van der Waals surface area contributed by atoms with Gasteiger partial charge >= 0.3 is 0 Å². The highest BCUT2D eigenvalue weighted by Crippen LogP contribution is 2.43. The fraction of sp³-hybridized carbons (Fsp3) is 0.667. The summed E-state index contributed by atoms with van der Waals surface area (Å²) in [7, 11) is 1.71. The zero-order valence-electron chi connectivity index (χ0n) is 7.75. The van der Waals surface area contributed by atoms with Crippen LogP contribution in [0.25, 0.3) is 0 Å². The standard InChI is InChI=1S/C9H14N2O2/c1-12-6-9(3-2-4-9)7-5-8(10)13-11-7/h5H,2-4,6,10H2,1H3. The third kappa shape index (κ3) is 1.31. The molecular weight excluding hydrogens is 168 g/mol. The number of rotatable bonds is 3. The molecule has 1 aromatic rings. The van der Waals surface area contributed by atoms with E-state index >= 15 is 0 Å². The van der Waals surface area contributed by atoms with Crippen LogP contribution in [-0.4, -0.2) is 18.9 Å². The molecular formula is C9H14N2O2. The van der Waals surface area contributed by atoms with Gasteiger partial charge in [0.1, 0.15) is 0 Å². The van der Waals surface area contributed by atoms with Gasteiger partial charge in [-0.3, -0.25) is 0 Å². The highest BCUT2D eigenvalue weighted by molar-refractivity contribution is 5.30. The second-order valence-corrected chi connectivity index (χ2v) is 3.68. The first-order chi connectivity index (χ1) is 6.27. The van der Waals surface area contributed by atoms with E-state index in [1.54, 1.807) is 13.2 Å². The van der Waals surface area contributed by atoms with Crippen molar-refractivity contribution in [2.24, 2.45) is 0 Å². The van der Waals surface area contributed by atoms with Gasteiger partial charge in [0, 0.05) is 18.6 Å². The molecule has 4 heteroatoms. The molecule has 1 aromatic heterocycles. The van der Waals surface area contributed by atoms with Crippen molar-refractivity contribution in [1.82, 2.24) is 5.16 Å². The number of ether oxygens (including phenoxy) is 1. The van der Waals surface area contributed by atoms with Crippen LogP contribution in [0.3, 0.4) is 0 Å². The Morgan fingerprint density at radius 3 is 2.85 bits per heavy atom. The van der Waals surface area contributed by atoms with Gasteiger partial charge in [-0.1, -0.05) is 11.6 Å². The number of nitrogen functional groups attached to an aromatic ring is 1. The van der Waals surface area contributed by atoms with E-state index < -0.39 is 0 Å². The van der Waals surface area contributed by atoms with Crippen LogP contribution in [0.1, 0.15) is 25.0 Å². The molecule has 1 aliphatic rings. The Balaban J connectivity index is 2.21.